The number of aliphatic imine (C=N–C) groups is 1. The first kappa shape index (κ1) is 22.0. The molecule has 2 aromatic rings. The number of hydrogen-bond acceptors (Lipinski definition) is 4. The minimum Gasteiger partial charge on any atom is -0.453 e. The van der Waals surface area contributed by atoms with Gasteiger partial charge < -0.3 is 20.3 Å². The number of guanidine groups is 1. The van der Waals surface area contributed by atoms with Crippen molar-refractivity contribution in [3.05, 3.63) is 54.1 Å². The number of likely N-dealkylation sites (tertiary alicyclic amines) is 1. The normalized spacial score (nSPS) is 15.8. The van der Waals surface area contributed by atoms with E-state index in [1.165, 1.54) is 19.0 Å². The van der Waals surface area contributed by atoms with E-state index in [1.807, 2.05) is 13.0 Å². The molecule has 1 saturated heterocycles. The number of nitrogens with one attached hydrogen (secondary N) is 2. The molecule has 7 heteroatoms. The zero-order valence-electron chi connectivity index (χ0n) is 17.9. The molecule has 3 rings (SSSR count). The molecule has 0 amide bonds. The molecule has 162 valence electrons. The van der Waals surface area contributed by atoms with Crippen molar-refractivity contribution in [3.63, 3.8) is 0 Å². The molecule has 0 radical (unpaired) electrons. The standard InChI is InChI=1S/C23H32FN5O/c1-3-12-29-13-9-19(10-14-29)28-23(26-4-2)27-16-18-7-8-22(21(24)15-18)30-20-6-5-11-25-17-20/h5-8,11,15,17,19H,3-4,9-10,12-14,16H2,1-2H3,(H2,26,27,28). The Hall–Kier alpha value is -2.67. The van der Waals surface area contributed by atoms with Crippen LogP contribution in [-0.2, 0) is 6.54 Å². The maximum absolute atomic E-state index is 14.5. The van der Waals surface area contributed by atoms with Crippen molar-refractivity contribution in [3.8, 4) is 11.5 Å². The first-order chi connectivity index (χ1) is 14.7. The molecule has 1 aliphatic rings. The number of ether oxygens (including phenoxy) is 1. The highest BCUT2D eigenvalue weighted by Gasteiger charge is 2.19. The quantitative estimate of drug-likeness (QED) is 0.507. The molecule has 30 heavy (non-hydrogen) atoms. The molecule has 2 heterocycles. The Morgan fingerprint density at radius 2 is 2.10 bits per heavy atom. The number of benzene rings is 1. The molecule has 0 aliphatic carbocycles. The van der Waals surface area contributed by atoms with Gasteiger partial charge in [-0.25, -0.2) is 9.38 Å². The monoisotopic (exact) mass is 413 g/mol. The van der Waals surface area contributed by atoms with Crippen molar-refractivity contribution in [2.45, 2.75) is 45.7 Å². The first-order valence-corrected chi connectivity index (χ1v) is 10.8. The summed E-state index contributed by atoms with van der Waals surface area (Å²) in [5.41, 5.74) is 0.793. The van der Waals surface area contributed by atoms with Gasteiger partial charge in [-0.05, 0) is 62.6 Å². The van der Waals surface area contributed by atoms with E-state index in [1.54, 1.807) is 30.6 Å². The number of hydrogen-bond donors (Lipinski definition) is 2. The van der Waals surface area contributed by atoms with E-state index in [0.29, 0.717) is 18.3 Å². The molecule has 0 spiro atoms. The lowest BCUT2D eigenvalue weighted by molar-refractivity contribution is 0.206. The van der Waals surface area contributed by atoms with Crippen LogP contribution in [0.2, 0.25) is 0 Å². The molecule has 0 unspecified atom stereocenters. The summed E-state index contributed by atoms with van der Waals surface area (Å²) >= 11 is 0. The summed E-state index contributed by atoms with van der Waals surface area (Å²) in [6, 6.07) is 8.86. The fourth-order valence-corrected chi connectivity index (χ4v) is 3.56. The van der Waals surface area contributed by atoms with Crippen LogP contribution in [0.3, 0.4) is 0 Å². The van der Waals surface area contributed by atoms with E-state index < -0.39 is 5.82 Å². The molecule has 0 bridgehead atoms. The van der Waals surface area contributed by atoms with Crippen molar-refractivity contribution >= 4 is 5.96 Å². The van der Waals surface area contributed by atoms with Gasteiger partial charge in [0.25, 0.3) is 0 Å². The van der Waals surface area contributed by atoms with E-state index in [0.717, 1.165) is 44.0 Å². The average Bonchev–Trinajstić information content (AvgIpc) is 2.76. The summed E-state index contributed by atoms with van der Waals surface area (Å²) in [4.78, 5) is 11.1. The Balaban J connectivity index is 1.57. The van der Waals surface area contributed by atoms with Crippen molar-refractivity contribution in [1.29, 1.82) is 0 Å². The second-order valence-electron chi connectivity index (χ2n) is 7.51. The summed E-state index contributed by atoms with van der Waals surface area (Å²) in [5, 5.41) is 6.83. The largest absolute Gasteiger partial charge is 0.453 e. The summed E-state index contributed by atoms with van der Waals surface area (Å²) in [6.45, 7) is 8.86. The first-order valence-electron chi connectivity index (χ1n) is 10.8. The molecular formula is C23H32FN5O. The van der Waals surface area contributed by atoms with Crippen LogP contribution in [0.4, 0.5) is 4.39 Å². The van der Waals surface area contributed by atoms with Crippen molar-refractivity contribution in [2.75, 3.05) is 26.2 Å². The van der Waals surface area contributed by atoms with Gasteiger partial charge in [-0.3, -0.25) is 4.98 Å². The smallest absolute Gasteiger partial charge is 0.191 e. The summed E-state index contributed by atoms with van der Waals surface area (Å²) in [5.74, 6) is 1.06. The predicted octanol–water partition coefficient (Wildman–Crippen LogP) is 3.94. The van der Waals surface area contributed by atoms with E-state index in [2.05, 4.69) is 32.4 Å². The topological polar surface area (TPSA) is 61.8 Å². The Bertz CT molecular complexity index is 806. The van der Waals surface area contributed by atoms with Crippen LogP contribution >= 0.6 is 0 Å². The third-order valence-electron chi connectivity index (χ3n) is 5.09. The lowest BCUT2D eigenvalue weighted by Gasteiger charge is -2.32. The fourth-order valence-electron chi connectivity index (χ4n) is 3.56. The summed E-state index contributed by atoms with van der Waals surface area (Å²) in [6.07, 6.45) is 6.62. The van der Waals surface area contributed by atoms with Crippen LogP contribution in [0.15, 0.2) is 47.7 Å². The van der Waals surface area contributed by atoms with Gasteiger partial charge in [-0.1, -0.05) is 13.0 Å². The second-order valence-corrected chi connectivity index (χ2v) is 7.51. The van der Waals surface area contributed by atoms with E-state index in [-0.39, 0.29) is 5.75 Å². The Morgan fingerprint density at radius 1 is 1.27 bits per heavy atom. The summed E-state index contributed by atoms with van der Waals surface area (Å²) < 4.78 is 20.0. The molecule has 1 aromatic carbocycles. The van der Waals surface area contributed by atoms with Crippen LogP contribution in [0, 0.1) is 5.82 Å². The molecule has 0 atom stereocenters. The van der Waals surface area contributed by atoms with Gasteiger partial charge in [0.1, 0.15) is 5.75 Å². The fraction of sp³-hybridized carbons (Fsp3) is 0.478. The van der Waals surface area contributed by atoms with E-state index >= 15 is 0 Å². The Labute approximate surface area is 178 Å². The molecule has 6 nitrogen and oxygen atoms in total. The van der Waals surface area contributed by atoms with Gasteiger partial charge in [-0.2, -0.15) is 0 Å². The highest BCUT2D eigenvalue weighted by atomic mass is 19.1. The van der Waals surface area contributed by atoms with Crippen LogP contribution in [-0.4, -0.2) is 48.1 Å². The van der Waals surface area contributed by atoms with E-state index in [9.17, 15) is 4.39 Å². The number of piperidine rings is 1. The number of aromatic nitrogens is 1. The average molecular weight is 414 g/mol. The number of rotatable bonds is 8. The Morgan fingerprint density at radius 3 is 2.77 bits per heavy atom. The van der Waals surface area contributed by atoms with Gasteiger partial charge >= 0.3 is 0 Å². The minimum atomic E-state index is -0.409. The number of halogens is 1. The van der Waals surface area contributed by atoms with E-state index in [4.69, 9.17) is 4.74 Å². The highest BCUT2D eigenvalue weighted by Crippen LogP contribution is 2.24. The number of nitrogens with zero attached hydrogens (tertiary/aromatic N) is 3. The summed E-state index contributed by atoms with van der Waals surface area (Å²) in [7, 11) is 0. The zero-order valence-corrected chi connectivity index (χ0v) is 17.9. The van der Waals surface area contributed by atoms with Crippen molar-refractivity contribution in [2.24, 2.45) is 4.99 Å². The third kappa shape index (κ3) is 6.69. The lowest BCUT2D eigenvalue weighted by atomic mass is 10.1. The molecule has 1 aliphatic heterocycles. The van der Waals surface area contributed by atoms with Gasteiger partial charge in [0.2, 0.25) is 0 Å². The maximum Gasteiger partial charge on any atom is 0.191 e. The Kier molecular flexibility index (Phi) is 8.44. The van der Waals surface area contributed by atoms with Gasteiger partial charge in [-0.15, -0.1) is 0 Å². The molecule has 2 N–H and O–H groups in total. The lowest BCUT2D eigenvalue weighted by Crippen LogP contribution is -2.48. The predicted molar refractivity (Wildman–Crippen MR) is 118 cm³/mol. The molecular weight excluding hydrogens is 381 g/mol. The second kappa shape index (κ2) is 11.5. The molecule has 1 aromatic heterocycles. The van der Waals surface area contributed by atoms with Crippen molar-refractivity contribution < 1.29 is 9.13 Å². The highest BCUT2D eigenvalue weighted by molar-refractivity contribution is 5.80. The van der Waals surface area contributed by atoms with Crippen LogP contribution < -0.4 is 15.4 Å². The van der Waals surface area contributed by atoms with Crippen LogP contribution in [0.5, 0.6) is 11.5 Å². The molecule has 0 saturated carbocycles. The SMILES string of the molecule is CCCN1CCC(NC(=NCc2ccc(Oc3cccnc3)c(F)c2)NCC)CC1. The zero-order chi connectivity index (χ0) is 21.2. The van der Waals surface area contributed by atoms with Crippen molar-refractivity contribution in [1.82, 2.24) is 20.5 Å². The van der Waals surface area contributed by atoms with Crippen LogP contribution in [0.25, 0.3) is 0 Å². The number of pyridine rings is 1. The van der Waals surface area contributed by atoms with Crippen LogP contribution in [0.1, 0.15) is 38.7 Å². The third-order valence-corrected chi connectivity index (χ3v) is 5.09. The van der Waals surface area contributed by atoms with Gasteiger partial charge in [0, 0.05) is 31.9 Å². The van der Waals surface area contributed by atoms with Gasteiger partial charge in [0.15, 0.2) is 17.5 Å². The van der Waals surface area contributed by atoms with Gasteiger partial charge in [0.05, 0.1) is 12.7 Å². The minimum absolute atomic E-state index is 0.180. The maximum atomic E-state index is 14.5. The molecule has 1 fully saturated rings.